The number of hydrogen-bond donors (Lipinski definition) is 0. The van der Waals surface area contributed by atoms with E-state index in [0.717, 1.165) is 11.5 Å². The molecular formula is C28H28O2S6. The molecule has 8 heteroatoms. The highest BCUT2D eigenvalue weighted by molar-refractivity contribution is 8.36. The van der Waals surface area contributed by atoms with Crippen LogP contribution in [0.25, 0.3) is 11.1 Å². The molecule has 3 heterocycles. The van der Waals surface area contributed by atoms with Gasteiger partial charge in [-0.1, -0.05) is 71.3 Å². The number of allylic oxidation sites excluding steroid dienone is 4. The van der Waals surface area contributed by atoms with E-state index in [1.807, 2.05) is 70.6 Å². The molecule has 3 aliphatic rings. The highest BCUT2D eigenvalue weighted by Gasteiger charge is 2.30. The Hall–Kier alpha value is -0.900. The molecule has 0 amide bonds. The summed E-state index contributed by atoms with van der Waals surface area (Å²) >= 11 is 11.8. The molecule has 188 valence electrons. The van der Waals surface area contributed by atoms with Gasteiger partial charge in [-0.2, -0.15) is 0 Å². The van der Waals surface area contributed by atoms with Crippen molar-refractivity contribution in [3.8, 4) is 11.5 Å². The Bertz CT molecular complexity index is 1160. The molecule has 0 saturated heterocycles. The molecule has 0 unspecified atom stereocenters. The molecule has 36 heavy (non-hydrogen) atoms. The van der Waals surface area contributed by atoms with Gasteiger partial charge in [0.05, 0.1) is 31.2 Å². The van der Waals surface area contributed by atoms with Gasteiger partial charge in [-0.3, -0.25) is 0 Å². The van der Waals surface area contributed by atoms with E-state index >= 15 is 0 Å². The van der Waals surface area contributed by atoms with Crippen LogP contribution in [0.5, 0.6) is 11.5 Å². The van der Waals surface area contributed by atoms with Gasteiger partial charge in [-0.15, -0.1) is 23.5 Å². The number of benzene rings is 2. The van der Waals surface area contributed by atoms with Crippen LogP contribution in [0.4, 0.5) is 0 Å². The maximum Gasteiger partial charge on any atom is 0.118 e. The topological polar surface area (TPSA) is 18.5 Å². The van der Waals surface area contributed by atoms with Crippen LogP contribution in [0.3, 0.4) is 0 Å². The maximum atomic E-state index is 5.49. The van der Waals surface area contributed by atoms with Gasteiger partial charge in [-0.25, -0.2) is 0 Å². The Morgan fingerprint density at radius 2 is 0.917 bits per heavy atom. The largest absolute Gasteiger partial charge is 0.497 e. The van der Waals surface area contributed by atoms with Gasteiger partial charge in [0, 0.05) is 21.0 Å². The molecular weight excluding hydrogens is 561 g/mol. The maximum absolute atomic E-state index is 5.49. The molecule has 5 rings (SSSR count). The van der Waals surface area contributed by atoms with Crippen LogP contribution < -0.4 is 9.47 Å². The lowest BCUT2D eigenvalue weighted by molar-refractivity contribution is 0.414. The Labute approximate surface area is 240 Å². The lowest BCUT2D eigenvalue weighted by atomic mass is 9.94. The van der Waals surface area contributed by atoms with Crippen molar-refractivity contribution in [1.82, 2.24) is 0 Å². The molecule has 0 radical (unpaired) electrons. The van der Waals surface area contributed by atoms with Crippen LogP contribution in [0.2, 0.25) is 0 Å². The molecule has 0 atom stereocenters. The molecule has 0 fully saturated rings. The zero-order chi connectivity index (χ0) is 25.1. The second kappa shape index (κ2) is 12.3. The van der Waals surface area contributed by atoms with E-state index in [9.17, 15) is 0 Å². The van der Waals surface area contributed by atoms with Gasteiger partial charge in [0.2, 0.25) is 0 Å². The van der Waals surface area contributed by atoms with Gasteiger partial charge in [0.15, 0.2) is 0 Å². The van der Waals surface area contributed by atoms with Crippen molar-refractivity contribution in [3.05, 3.63) is 86.4 Å². The minimum atomic E-state index is 0.877. The van der Waals surface area contributed by atoms with E-state index in [1.165, 1.54) is 73.4 Å². The molecule has 0 aromatic heterocycles. The van der Waals surface area contributed by atoms with Gasteiger partial charge in [0.1, 0.15) is 11.5 Å². The van der Waals surface area contributed by atoms with Gasteiger partial charge < -0.3 is 9.47 Å². The summed E-state index contributed by atoms with van der Waals surface area (Å²) < 4.78 is 16.6. The number of ether oxygens (including phenoxy) is 2. The van der Waals surface area contributed by atoms with Crippen LogP contribution in [-0.2, 0) is 0 Å². The molecule has 2 nitrogen and oxygen atoms in total. The van der Waals surface area contributed by atoms with Gasteiger partial charge in [0.25, 0.3) is 0 Å². The van der Waals surface area contributed by atoms with Crippen LogP contribution in [-0.4, -0.2) is 25.7 Å². The molecule has 2 aromatic rings. The van der Waals surface area contributed by atoms with E-state index in [2.05, 4.69) is 62.4 Å². The van der Waals surface area contributed by atoms with E-state index in [4.69, 9.17) is 9.47 Å². The van der Waals surface area contributed by atoms with Crippen LogP contribution in [0.1, 0.15) is 37.8 Å². The number of methoxy groups -OCH3 is 2. The third-order valence-corrected chi connectivity index (χ3v) is 14.3. The van der Waals surface area contributed by atoms with Crippen molar-refractivity contribution in [1.29, 1.82) is 0 Å². The van der Waals surface area contributed by atoms with E-state index in [1.54, 1.807) is 14.2 Å². The van der Waals surface area contributed by atoms with Crippen molar-refractivity contribution >= 4 is 81.7 Å². The summed E-state index contributed by atoms with van der Waals surface area (Å²) in [6.07, 6.45) is 2.52. The Morgan fingerprint density at radius 1 is 0.528 bits per heavy atom. The number of rotatable bonds is 4. The summed E-state index contributed by atoms with van der Waals surface area (Å²) in [5.74, 6) is 4.11. The van der Waals surface area contributed by atoms with Crippen LogP contribution >= 0.6 is 70.6 Å². The second-order valence-corrected chi connectivity index (χ2v) is 16.0. The summed E-state index contributed by atoms with van der Waals surface area (Å²) in [6.45, 7) is 4.55. The van der Waals surface area contributed by atoms with Crippen LogP contribution in [0, 0.1) is 0 Å². The molecule has 4 bridgehead atoms. The summed E-state index contributed by atoms with van der Waals surface area (Å²) in [5.41, 5.74) is 5.04. The second-order valence-electron chi connectivity index (χ2n) is 8.28. The summed E-state index contributed by atoms with van der Waals surface area (Å²) in [4.78, 5) is 2.83. The van der Waals surface area contributed by atoms with E-state index in [-0.39, 0.29) is 0 Å². The predicted octanol–water partition coefficient (Wildman–Crippen LogP) is 10.3. The van der Waals surface area contributed by atoms with Crippen molar-refractivity contribution in [2.24, 2.45) is 0 Å². The third kappa shape index (κ3) is 5.89. The first-order valence-corrected chi connectivity index (χ1v) is 17.0. The van der Waals surface area contributed by atoms with Crippen molar-refractivity contribution in [3.63, 3.8) is 0 Å². The van der Waals surface area contributed by atoms with Crippen molar-refractivity contribution in [2.75, 3.05) is 25.7 Å². The summed E-state index contributed by atoms with van der Waals surface area (Å²) in [6, 6.07) is 17.1. The SMILES string of the molecule is COc1ccc(C2=C3\SC(C)=C(SCCCCSC4=C(C)S\C(=C\2c2ccc(OC)cc2)S4)S3)cc1. The van der Waals surface area contributed by atoms with Gasteiger partial charge in [-0.05, 0) is 73.6 Å². The highest BCUT2D eigenvalue weighted by Crippen LogP contribution is 2.62. The first kappa shape index (κ1) is 26.7. The fourth-order valence-corrected chi connectivity index (χ4v) is 12.5. The third-order valence-electron chi connectivity index (χ3n) is 5.86. The summed E-state index contributed by atoms with van der Waals surface area (Å²) in [5, 5.41) is 0. The molecule has 0 aliphatic carbocycles. The number of thioether (sulfide) groups is 6. The van der Waals surface area contributed by atoms with Crippen molar-refractivity contribution in [2.45, 2.75) is 26.7 Å². The molecule has 2 aromatic carbocycles. The predicted molar refractivity (Wildman–Crippen MR) is 170 cm³/mol. The first-order chi connectivity index (χ1) is 17.6. The van der Waals surface area contributed by atoms with Gasteiger partial charge >= 0.3 is 0 Å². The fourth-order valence-electron chi connectivity index (χ4n) is 3.96. The minimum Gasteiger partial charge on any atom is -0.497 e. The van der Waals surface area contributed by atoms with E-state index in [0.29, 0.717) is 0 Å². The highest BCUT2D eigenvalue weighted by atomic mass is 32.2. The zero-order valence-electron chi connectivity index (χ0n) is 20.7. The van der Waals surface area contributed by atoms with Crippen molar-refractivity contribution < 1.29 is 9.47 Å². The Balaban J connectivity index is 1.72. The van der Waals surface area contributed by atoms with Crippen LogP contribution in [0.15, 0.2) is 75.3 Å². The lowest BCUT2D eigenvalue weighted by Gasteiger charge is -2.19. The molecule has 0 saturated carbocycles. The molecule has 0 spiro atoms. The Kier molecular flexibility index (Phi) is 9.13. The average molecular weight is 589 g/mol. The molecule has 3 aliphatic heterocycles. The monoisotopic (exact) mass is 588 g/mol. The average Bonchev–Trinajstić information content (AvgIpc) is 3.45. The number of fused-ring (bicyclic) bond motifs is 4. The number of hydrogen-bond acceptors (Lipinski definition) is 8. The fraction of sp³-hybridized carbons (Fsp3) is 0.286. The zero-order valence-corrected chi connectivity index (χ0v) is 25.6. The minimum absolute atomic E-state index is 0.877. The standard InChI is InChI=1S/C28H28O2S6/c1-17-25-31-15-5-6-16-32-26-18(2)34-28(36-26)24(20-9-13-22(30-4)14-10-20)23(27(33-17)35-25)19-7-11-21(29-3)12-8-19/h7-14H,5-6,15-16H2,1-4H3/b27-23-,28-24-. The Morgan fingerprint density at radius 3 is 1.28 bits per heavy atom. The normalized spacial score (nSPS) is 23.2. The smallest absolute Gasteiger partial charge is 0.118 e. The first-order valence-electron chi connectivity index (χ1n) is 11.7. The summed E-state index contributed by atoms with van der Waals surface area (Å²) in [7, 11) is 3.45. The molecule has 0 N–H and O–H groups in total. The lowest BCUT2D eigenvalue weighted by Crippen LogP contribution is -1.96. The quantitative estimate of drug-likeness (QED) is 0.347. The van der Waals surface area contributed by atoms with E-state index < -0.39 is 0 Å².